The van der Waals surface area contributed by atoms with Gasteiger partial charge in [-0.3, -0.25) is 0 Å². The number of aromatic hydroxyl groups is 1. The molecule has 1 aliphatic carbocycles. The second kappa shape index (κ2) is 5.55. The van der Waals surface area contributed by atoms with Crippen LogP contribution in [-0.4, -0.2) is 5.11 Å². The number of phenols is 1. The van der Waals surface area contributed by atoms with Crippen LogP contribution in [0.2, 0.25) is 10.0 Å². The van der Waals surface area contributed by atoms with E-state index in [4.69, 9.17) is 23.2 Å². The van der Waals surface area contributed by atoms with Crippen LogP contribution in [0.15, 0.2) is 36.4 Å². The minimum absolute atomic E-state index is 0.247. The predicted octanol–water partition coefficient (Wildman–Crippen LogP) is 5.19. The molecule has 0 amide bonds. The summed E-state index contributed by atoms with van der Waals surface area (Å²) in [5, 5.41) is 14.2. The zero-order valence-electron chi connectivity index (χ0n) is 10.9. The molecule has 0 heterocycles. The first-order valence-electron chi connectivity index (χ1n) is 6.67. The Bertz CT molecular complexity index is 642. The van der Waals surface area contributed by atoms with Gasteiger partial charge in [0.05, 0.1) is 16.1 Å². The summed E-state index contributed by atoms with van der Waals surface area (Å²) in [6.07, 6.45) is 3.19. The molecule has 2 aromatic rings. The molecule has 1 aliphatic rings. The fourth-order valence-electron chi connectivity index (χ4n) is 2.74. The minimum atomic E-state index is 0.247. The van der Waals surface area contributed by atoms with E-state index < -0.39 is 0 Å². The van der Waals surface area contributed by atoms with Gasteiger partial charge in [-0.05, 0) is 60.7 Å². The first-order chi connectivity index (χ1) is 9.63. The molecule has 2 nitrogen and oxygen atoms in total. The predicted molar refractivity (Wildman–Crippen MR) is 83.9 cm³/mol. The van der Waals surface area contributed by atoms with Crippen molar-refractivity contribution in [2.75, 3.05) is 5.32 Å². The largest absolute Gasteiger partial charge is 0.508 e. The Balaban J connectivity index is 1.87. The summed E-state index contributed by atoms with van der Waals surface area (Å²) in [6, 6.07) is 11.4. The number of aryl methyl sites for hydroxylation is 1. The minimum Gasteiger partial charge on any atom is -0.508 e. The smallest absolute Gasteiger partial charge is 0.115 e. The van der Waals surface area contributed by atoms with Crippen LogP contribution in [0.5, 0.6) is 5.75 Å². The fraction of sp³-hybridized carbons (Fsp3) is 0.250. The van der Waals surface area contributed by atoms with Crippen LogP contribution >= 0.6 is 23.2 Å². The molecule has 0 aromatic heterocycles. The van der Waals surface area contributed by atoms with Crippen LogP contribution in [-0.2, 0) is 6.42 Å². The second-order valence-electron chi connectivity index (χ2n) is 5.10. The summed E-state index contributed by atoms with van der Waals surface area (Å²) < 4.78 is 0. The lowest BCUT2D eigenvalue weighted by atomic mass is 9.87. The van der Waals surface area contributed by atoms with E-state index in [2.05, 4.69) is 5.32 Å². The molecule has 0 aliphatic heterocycles. The molecule has 0 bridgehead atoms. The Labute approximate surface area is 128 Å². The number of halogens is 2. The lowest BCUT2D eigenvalue weighted by Crippen LogP contribution is -2.17. The molecule has 0 radical (unpaired) electrons. The van der Waals surface area contributed by atoms with E-state index in [1.165, 1.54) is 11.1 Å². The van der Waals surface area contributed by atoms with Gasteiger partial charge >= 0.3 is 0 Å². The van der Waals surface area contributed by atoms with Crippen molar-refractivity contribution < 1.29 is 5.11 Å². The molecule has 2 aromatic carbocycles. The van der Waals surface area contributed by atoms with Crippen LogP contribution in [0.1, 0.15) is 30.0 Å². The van der Waals surface area contributed by atoms with Gasteiger partial charge in [-0.2, -0.15) is 0 Å². The first-order valence-corrected chi connectivity index (χ1v) is 7.42. The highest BCUT2D eigenvalue weighted by molar-refractivity contribution is 6.42. The van der Waals surface area contributed by atoms with Crippen molar-refractivity contribution in [2.24, 2.45) is 0 Å². The second-order valence-corrected chi connectivity index (χ2v) is 5.92. The van der Waals surface area contributed by atoms with E-state index >= 15 is 0 Å². The zero-order valence-corrected chi connectivity index (χ0v) is 12.4. The molecular weight excluding hydrogens is 293 g/mol. The number of rotatable bonds is 2. The molecule has 0 spiro atoms. The average Bonchev–Trinajstić information content (AvgIpc) is 2.43. The topological polar surface area (TPSA) is 32.3 Å². The quantitative estimate of drug-likeness (QED) is 0.800. The van der Waals surface area contributed by atoms with E-state index in [0.717, 1.165) is 24.9 Å². The molecule has 0 fully saturated rings. The highest BCUT2D eigenvalue weighted by Crippen LogP contribution is 2.35. The Morgan fingerprint density at radius 2 is 1.90 bits per heavy atom. The first kappa shape index (κ1) is 13.6. The molecule has 3 rings (SSSR count). The van der Waals surface area contributed by atoms with Gasteiger partial charge in [-0.25, -0.2) is 0 Å². The third kappa shape index (κ3) is 2.72. The van der Waals surface area contributed by atoms with Crippen molar-refractivity contribution in [2.45, 2.75) is 25.3 Å². The normalized spacial score (nSPS) is 17.6. The Kier molecular flexibility index (Phi) is 3.77. The molecule has 20 heavy (non-hydrogen) atoms. The van der Waals surface area contributed by atoms with Gasteiger partial charge in [0.2, 0.25) is 0 Å². The van der Waals surface area contributed by atoms with Crippen LogP contribution in [0.4, 0.5) is 5.69 Å². The maximum absolute atomic E-state index is 9.58. The molecule has 2 N–H and O–H groups in total. The van der Waals surface area contributed by atoms with Crippen molar-refractivity contribution in [3.05, 3.63) is 57.6 Å². The highest BCUT2D eigenvalue weighted by Gasteiger charge is 2.20. The van der Waals surface area contributed by atoms with Crippen molar-refractivity contribution in [1.29, 1.82) is 0 Å². The van der Waals surface area contributed by atoms with Gasteiger partial charge in [0, 0.05) is 5.69 Å². The van der Waals surface area contributed by atoms with E-state index in [-0.39, 0.29) is 6.04 Å². The lowest BCUT2D eigenvalue weighted by Gasteiger charge is -2.27. The number of phenolic OH excluding ortho intramolecular Hbond substituents is 1. The van der Waals surface area contributed by atoms with Crippen LogP contribution < -0.4 is 5.32 Å². The van der Waals surface area contributed by atoms with E-state index in [1.54, 1.807) is 12.1 Å². The SMILES string of the molecule is Oc1ccc2c(c1)CCCC2Nc1ccc(Cl)c(Cl)c1. The Morgan fingerprint density at radius 1 is 1.05 bits per heavy atom. The number of anilines is 1. The van der Waals surface area contributed by atoms with Crippen molar-refractivity contribution in [1.82, 2.24) is 0 Å². The summed E-state index contributed by atoms with van der Waals surface area (Å²) in [5.41, 5.74) is 3.43. The molecule has 4 heteroatoms. The molecule has 1 unspecified atom stereocenters. The number of nitrogens with one attached hydrogen (secondary N) is 1. The van der Waals surface area contributed by atoms with Gasteiger partial charge in [0.15, 0.2) is 0 Å². The van der Waals surface area contributed by atoms with Crippen LogP contribution in [0.25, 0.3) is 0 Å². The third-order valence-corrected chi connectivity index (χ3v) is 4.44. The number of fused-ring (bicyclic) bond motifs is 1. The van der Waals surface area contributed by atoms with Crippen molar-refractivity contribution >= 4 is 28.9 Å². The molecule has 104 valence electrons. The van der Waals surface area contributed by atoms with Gasteiger partial charge in [0.1, 0.15) is 5.75 Å². The maximum atomic E-state index is 9.58. The van der Waals surface area contributed by atoms with E-state index in [9.17, 15) is 5.11 Å². The van der Waals surface area contributed by atoms with Crippen molar-refractivity contribution in [3.8, 4) is 5.75 Å². The summed E-state index contributed by atoms with van der Waals surface area (Å²) in [7, 11) is 0. The monoisotopic (exact) mass is 307 g/mol. The average molecular weight is 308 g/mol. The lowest BCUT2D eigenvalue weighted by molar-refractivity contribution is 0.472. The van der Waals surface area contributed by atoms with Gasteiger partial charge < -0.3 is 10.4 Å². The van der Waals surface area contributed by atoms with Gasteiger partial charge in [0.25, 0.3) is 0 Å². The summed E-state index contributed by atoms with van der Waals surface area (Å²) in [6.45, 7) is 0. The number of hydrogen-bond acceptors (Lipinski definition) is 2. The van der Waals surface area contributed by atoms with E-state index in [1.807, 2.05) is 24.3 Å². The van der Waals surface area contributed by atoms with Gasteiger partial charge in [-0.15, -0.1) is 0 Å². The van der Waals surface area contributed by atoms with Crippen LogP contribution in [0, 0.1) is 0 Å². The molecular formula is C16H15Cl2NO. The standard InChI is InChI=1S/C16H15Cl2NO/c17-14-7-4-11(9-15(14)18)19-16-3-1-2-10-8-12(20)5-6-13(10)16/h4-9,16,19-20H,1-3H2. The van der Waals surface area contributed by atoms with Gasteiger partial charge in [-0.1, -0.05) is 29.3 Å². The number of benzene rings is 2. The Hall–Kier alpha value is -1.38. The molecule has 0 saturated carbocycles. The third-order valence-electron chi connectivity index (χ3n) is 3.70. The highest BCUT2D eigenvalue weighted by atomic mass is 35.5. The summed E-state index contributed by atoms with van der Waals surface area (Å²) in [4.78, 5) is 0. The zero-order chi connectivity index (χ0) is 14.1. The summed E-state index contributed by atoms with van der Waals surface area (Å²) >= 11 is 12.0. The maximum Gasteiger partial charge on any atom is 0.115 e. The summed E-state index contributed by atoms with van der Waals surface area (Å²) in [5.74, 6) is 0.332. The Morgan fingerprint density at radius 3 is 2.70 bits per heavy atom. The van der Waals surface area contributed by atoms with Crippen LogP contribution in [0.3, 0.4) is 0 Å². The van der Waals surface area contributed by atoms with E-state index in [0.29, 0.717) is 15.8 Å². The van der Waals surface area contributed by atoms with Crippen molar-refractivity contribution in [3.63, 3.8) is 0 Å². The molecule has 0 saturated heterocycles. The number of hydrogen-bond donors (Lipinski definition) is 2. The fourth-order valence-corrected chi connectivity index (χ4v) is 3.04. The molecule has 1 atom stereocenters.